The van der Waals surface area contributed by atoms with E-state index in [1.807, 2.05) is 51.2 Å². The number of pyridine rings is 2. The third-order valence-electron chi connectivity index (χ3n) is 7.01. The molecule has 6 heteroatoms. The highest BCUT2D eigenvalue weighted by atomic mass is 16.5. The summed E-state index contributed by atoms with van der Waals surface area (Å²) >= 11 is 0. The molecular weight excluding hydrogens is 424 g/mol. The molecule has 0 atom stereocenters. The van der Waals surface area contributed by atoms with Gasteiger partial charge in [0.15, 0.2) is 0 Å². The second-order valence-corrected chi connectivity index (χ2v) is 9.20. The van der Waals surface area contributed by atoms with E-state index >= 15 is 0 Å². The number of carbonyl (C=O) groups excluding carboxylic acids is 1. The van der Waals surface area contributed by atoms with E-state index in [4.69, 9.17) is 4.74 Å². The Kier molecular flexibility index (Phi) is 7.08. The fourth-order valence-corrected chi connectivity index (χ4v) is 4.98. The van der Waals surface area contributed by atoms with Gasteiger partial charge in [-0.25, -0.2) is 9.78 Å². The molecule has 0 unspecified atom stereocenters. The van der Waals surface area contributed by atoms with E-state index in [1.54, 1.807) is 0 Å². The van der Waals surface area contributed by atoms with Gasteiger partial charge >= 0.3 is 5.97 Å². The first kappa shape index (κ1) is 24.0. The maximum Gasteiger partial charge on any atom is 0.338 e. The number of hydrogen-bond donors (Lipinski definition) is 0. The molecule has 0 amide bonds. The summed E-state index contributed by atoms with van der Waals surface area (Å²) < 4.78 is 7.70. The smallest absolute Gasteiger partial charge is 0.338 e. The lowest BCUT2D eigenvalue weighted by molar-refractivity contribution is 0.0525. The number of likely N-dealkylation sites (tertiary alicyclic amines) is 1. The summed E-state index contributed by atoms with van der Waals surface area (Å²) in [7, 11) is 3.98. The Bertz CT molecular complexity index is 1230. The zero-order valence-electron chi connectivity index (χ0n) is 21.3. The second-order valence-electron chi connectivity index (χ2n) is 9.20. The number of anilines is 1. The van der Waals surface area contributed by atoms with Crippen molar-refractivity contribution in [1.29, 1.82) is 0 Å². The third kappa shape index (κ3) is 4.47. The minimum Gasteiger partial charge on any atom is -0.462 e. The fourth-order valence-electron chi connectivity index (χ4n) is 4.98. The van der Waals surface area contributed by atoms with Gasteiger partial charge in [0.2, 0.25) is 0 Å². The molecule has 0 aliphatic carbocycles. The van der Waals surface area contributed by atoms with Crippen molar-refractivity contribution in [1.82, 2.24) is 14.3 Å². The summed E-state index contributed by atoms with van der Waals surface area (Å²) in [4.78, 5) is 21.9. The number of rotatable bonds is 6. The molecule has 0 saturated carbocycles. The lowest BCUT2D eigenvalue weighted by Crippen LogP contribution is -2.30. The zero-order chi connectivity index (χ0) is 24.4. The van der Waals surface area contributed by atoms with Gasteiger partial charge in [-0.2, -0.15) is 0 Å². The average molecular weight is 461 g/mol. The van der Waals surface area contributed by atoms with Gasteiger partial charge in [-0.1, -0.05) is 12.5 Å². The summed E-state index contributed by atoms with van der Waals surface area (Å²) in [5.74, 6) is 0.633. The van der Waals surface area contributed by atoms with Crippen LogP contribution in [0.15, 0.2) is 42.2 Å². The minimum absolute atomic E-state index is 0.266. The van der Waals surface area contributed by atoms with Crippen molar-refractivity contribution in [3.05, 3.63) is 59.1 Å². The summed E-state index contributed by atoms with van der Waals surface area (Å²) in [5, 5.41) is 0. The first-order valence-corrected chi connectivity index (χ1v) is 12.2. The van der Waals surface area contributed by atoms with Gasteiger partial charge in [-0.15, -0.1) is 0 Å². The molecule has 3 aromatic rings. The molecular formula is C28H36N4O2. The molecule has 3 aromatic heterocycles. The summed E-state index contributed by atoms with van der Waals surface area (Å²) in [6, 6.07) is 8.24. The molecule has 180 valence electrons. The zero-order valence-corrected chi connectivity index (χ0v) is 21.3. The molecule has 1 aliphatic rings. The Hall–Kier alpha value is -3.12. The van der Waals surface area contributed by atoms with E-state index in [1.165, 1.54) is 11.1 Å². The van der Waals surface area contributed by atoms with E-state index in [0.717, 1.165) is 66.2 Å². The van der Waals surface area contributed by atoms with Crippen LogP contribution >= 0.6 is 0 Å². The molecule has 34 heavy (non-hydrogen) atoms. The van der Waals surface area contributed by atoms with Crippen molar-refractivity contribution in [3.8, 4) is 11.1 Å². The number of carbonyl (C=O) groups is 1. The van der Waals surface area contributed by atoms with E-state index in [-0.39, 0.29) is 5.97 Å². The summed E-state index contributed by atoms with van der Waals surface area (Å²) in [5.41, 5.74) is 8.62. The average Bonchev–Trinajstić information content (AvgIpc) is 3.27. The van der Waals surface area contributed by atoms with Gasteiger partial charge in [-0.3, -0.25) is 0 Å². The molecule has 1 aliphatic heterocycles. The fraction of sp³-hybridized carbons (Fsp3) is 0.429. The van der Waals surface area contributed by atoms with Crippen LogP contribution in [-0.2, 0) is 4.74 Å². The van der Waals surface area contributed by atoms with Crippen LogP contribution in [0.1, 0.15) is 55.2 Å². The number of piperidine rings is 1. The van der Waals surface area contributed by atoms with Crippen molar-refractivity contribution in [2.24, 2.45) is 0 Å². The molecule has 1 saturated heterocycles. The van der Waals surface area contributed by atoms with Gasteiger partial charge < -0.3 is 18.9 Å². The molecule has 0 radical (unpaired) electrons. The number of allylic oxidation sites excluding steroid dienone is 1. The van der Waals surface area contributed by atoms with Crippen molar-refractivity contribution in [2.75, 3.05) is 45.2 Å². The van der Waals surface area contributed by atoms with Crippen LogP contribution in [0.5, 0.6) is 0 Å². The number of hydrogen-bond acceptors (Lipinski definition) is 5. The number of fused-ring (bicyclic) bond motifs is 1. The lowest BCUT2D eigenvalue weighted by Gasteiger charge is -2.29. The number of aromatic nitrogens is 2. The summed E-state index contributed by atoms with van der Waals surface area (Å²) in [6.07, 6.45) is 6.09. The van der Waals surface area contributed by atoms with Crippen LogP contribution in [-0.4, -0.2) is 60.6 Å². The molecule has 1 fully saturated rings. The largest absolute Gasteiger partial charge is 0.462 e. The van der Waals surface area contributed by atoms with E-state index < -0.39 is 0 Å². The van der Waals surface area contributed by atoms with Crippen LogP contribution in [0.4, 0.5) is 5.82 Å². The number of nitrogens with zero attached hydrogens (tertiary/aromatic N) is 4. The maximum atomic E-state index is 13.0. The van der Waals surface area contributed by atoms with Crippen molar-refractivity contribution in [2.45, 2.75) is 40.5 Å². The Labute approximate surface area is 202 Å². The highest BCUT2D eigenvalue weighted by molar-refractivity contribution is 5.96. The molecule has 0 N–H and O–H groups in total. The molecule has 0 aromatic carbocycles. The molecule has 6 nitrogen and oxygen atoms in total. The van der Waals surface area contributed by atoms with Crippen molar-refractivity contribution in [3.63, 3.8) is 0 Å². The van der Waals surface area contributed by atoms with Crippen LogP contribution in [0.25, 0.3) is 22.2 Å². The molecule has 0 bridgehead atoms. The standard InChI is InChI=1S/C28H36N4O2/c1-7-31-14-10-21(11-15-31)19(3)27-20(4)24(28(33)34-8-2)18-25-23(12-16-32(25)27)22-9-13-29-26(17-22)30(5)6/h9,12-13,16-18H,7-8,10-11,14-15H2,1-6H3. The van der Waals surface area contributed by atoms with Crippen LogP contribution < -0.4 is 4.90 Å². The predicted octanol–water partition coefficient (Wildman–Crippen LogP) is 5.44. The van der Waals surface area contributed by atoms with Gasteiger partial charge in [0.1, 0.15) is 5.82 Å². The minimum atomic E-state index is -0.266. The molecule has 0 spiro atoms. The highest BCUT2D eigenvalue weighted by Crippen LogP contribution is 2.35. The van der Waals surface area contributed by atoms with Crippen molar-refractivity contribution >= 4 is 22.9 Å². The van der Waals surface area contributed by atoms with E-state index in [0.29, 0.717) is 12.2 Å². The Balaban J connectivity index is 1.92. The van der Waals surface area contributed by atoms with Gasteiger partial charge in [-0.05, 0) is 81.1 Å². The predicted molar refractivity (Wildman–Crippen MR) is 140 cm³/mol. The quantitative estimate of drug-likeness (QED) is 0.459. The lowest BCUT2D eigenvalue weighted by atomic mass is 9.93. The monoisotopic (exact) mass is 460 g/mol. The molecule has 4 heterocycles. The van der Waals surface area contributed by atoms with E-state index in [2.05, 4.69) is 46.5 Å². The summed E-state index contributed by atoms with van der Waals surface area (Å²) in [6.45, 7) is 12.0. The van der Waals surface area contributed by atoms with Crippen LogP contribution in [0.3, 0.4) is 0 Å². The van der Waals surface area contributed by atoms with Gasteiger partial charge in [0, 0.05) is 45.1 Å². The second kappa shape index (κ2) is 10.0. The normalized spacial score (nSPS) is 14.5. The van der Waals surface area contributed by atoms with Gasteiger partial charge in [0.05, 0.1) is 23.4 Å². The van der Waals surface area contributed by atoms with Crippen LogP contribution in [0, 0.1) is 6.92 Å². The topological polar surface area (TPSA) is 50.1 Å². The van der Waals surface area contributed by atoms with Gasteiger partial charge in [0.25, 0.3) is 0 Å². The Morgan fingerprint density at radius 2 is 1.88 bits per heavy atom. The first-order chi connectivity index (χ1) is 16.3. The molecule has 4 rings (SSSR count). The SMILES string of the molecule is CCOC(=O)c1cc2c(-c3ccnc(N(C)C)c3)ccn2c(C(C)=C2CCN(CC)CC2)c1C. The van der Waals surface area contributed by atoms with E-state index in [9.17, 15) is 4.79 Å². The maximum absolute atomic E-state index is 13.0. The van der Waals surface area contributed by atoms with Crippen LogP contribution in [0.2, 0.25) is 0 Å². The Morgan fingerprint density at radius 1 is 1.15 bits per heavy atom. The number of ether oxygens (including phenoxy) is 1. The number of esters is 1. The highest BCUT2D eigenvalue weighted by Gasteiger charge is 2.23. The first-order valence-electron chi connectivity index (χ1n) is 12.2. The van der Waals surface area contributed by atoms with Crippen molar-refractivity contribution < 1.29 is 9.53 Å². The Morgan fingerprint density at radius 3 is 2.53 bits per heavy atom. The third-order valence-corrected chi connectivity index (χ3v) is 7.01.